The Hall–Kier alpha value is -2.38. The fraction of sp³-hybridized carbons (Fsp3) is 0.444. The van der Waals surface area contributed by atoms with Gasteiger partial charge in [0.2, 0.25) is 0 Å². The molecule has 0 bridgehead atoms. The molecular formula is C18H24N2O5. The van der Waals surface area contributed by atoms with Gasteiger partial charge < -0.3 is 24.5 Å². The van der Waals surface area contributed by atoms with Crippen LogP contribution in [-0.4, -0.2) is 60.8 Å². The lowest BCUT2D eigenvalue weighted by atomic mass is 10.1. The number of nitrogens with zero attached hydrogens (tertiary/aromatic N) is 1. The van der Waals surface area contributed by atoms with Crippen molar-refractivity contribution in [3.8, 4) is 5.75 Å². The lowest BCUT2D eigenvalue weighted by molar-refractivity contribution is -0.139. The second kappa shape index (κ2) is 9.19. The van der Waals surface area contributed by atoms with Crippen LogP contribution < -0.4 is 4.74 Å². The summed E-state index contributed by atoms with van der Waals surface area (Å²) in [6, 6.07) is 5.52. The lowest BCUT2D eigenvalue weighted by Crippen LogP contribution is -2.17. The zero-order valence-corrected chi connectivity index (χ0v) is 14.6. The molecule has 2 rings (SSSR count). The third kappa shape index (κ3) is 5.88. The number of carboxylic acid groups (broad SMARTS) is 1. The summed E-state index contributed by atoms with van der Waals surface area (Å²) in [5, 5.41) is 9.45. The first-order valence-corrected chi connectivity index (χ1v) is 8.21. The first kappa shape index (κ1) is 19.0. The topological polar surface area (TPSA) is 91.9 Å². The molecule has 7 heteroatoms. The Morgan fingerprint density at radius 2 is 2.08 bits per heavy atom. The Bertz CT molecular complexity index is 723. The predicted octanol–water partition coefficient (Wildman–Crippen LogP) is 2.06. The minimum absolute atomic E-state index is 0.0208. The number of carboxylic acids is 1. The first-order chi connectivity index (χ1) is 12.0. The standard InChI is InChI=1S/C18H24N2O5/c1-20(2)9-8-13-11-19-14-5-3-6-15(18(13)14)25-17(23)12-24-10-4-7-16(21)22/h3,5-6,11,19H,4,7-10,12H2,1-2H3,(H,21,22). The Kier molecular flexibility index (Phi) is 6.97. The van der Waals surface area contributed by atoms with Gasteiger partial charge in [-0.15, -0.1) is 0 Å². The van der Waals surface area contributed by atoms with Crippen LogP contribution in [0.25, 0.3) is 10.9 Å². The number of likely N-dealkylation sites (N-methyl/N-ethyl adjacent to an activating group) is 1. The Balaban J connectivity index is 1.96. The van der Waals surface area contributed by atoms with Crippen molar-refractivity contribution < 1.29 is 24.2 Å². The van der Waals surface area contributed by atoms with Crippen LogP contribution in [-0.2, 0) is 20.7 Å². The number of fused-ring (bicyclic) bond motifs is 1. The van der Waals surface area contributed by atoms with E-state index in [0.717, 1.165) is 29.4 Å². The van der Waals surface area contributed by atoms with E-state index in [-0.39, 0.29) is 19.6 Å². The highest BCUT2D eigenvalue weighted by Gasteiger charge is 2.13. The van der Waals surface area contributed by atoms with Crippen LogP contribution in [0.2, 0.25) is 0 Å². The molecular weight excluding hydrogens is 324 g/mol. The maximum atomic E-state index is 12.0. The van der Waals surface area contributed by atoms with Crippen molar-refractivity contribution in [3.63, 3.8) is 0 Å². The number of carbonyl (C=O) groups is 2. The molecule has 0 unspecified atom stereocenters. The molecule has 7 nitrogen and oxygen atoms in total. The summed E-state index contributed by atoms with van der Waals surface area (Å²) in [6.45, 7) is 0.902. The summed E-state index contributed by atoms with van der Waals surface area (Å²) in [6.07, 6.45) is 3.17. The van der Waals surface area contributed by atoms with Gasteiger partial charge in [0, 0.05) is 36.7 Å². The van der Waals surface area contributed by atoms with Gasteiger partial charge in [-0.25, -0.2) is 4.79 Å². The molecule has 0 radical (unpaired) electrons. The average molecular weight is 348 g/mol. The molecule has 0 saturated carbocycles. The molecule has 0 amide bonds. The molecule has 1 aromatic carbocycles. The van der Waals surface area contributed by atoms with Crippen molar-refractivity contribution in [2.75, 3.05) is 33.9 Å². The molecule has 1 aromatic heterocycles. The van der Waals surface area contributed by atoms with E-state index in [1.165, 1.54) is 0 Å². The van der Waals surface area contributed by atoms with E-state index in [9.17, 15) is 9.59 Å². The van der Waals surface area contributed by atoms with E-state index in [4.69, 9.17) is 14.6 Å². The van der Waals surface area contributed by atoms with Crippen molar-refractivity contribution in [1.29, 1.82) is 0 Å². The third-order valence-electron chi connectivity index (χ3n) is 3.70. The number of hydrogen-bond donors (Lipinski definition) is 2. The molecule has 136 valence electrons. The first-order valence-electron chi connectivity index (χ1n) is 8.21. The van der Waals surface area contributed by atoms with Crippen molar-refractivity contribution in [2.24, 2.45) is 0 Å². The van der Waals surface area contributed by atoms with E-state index >= 15 is 0 Å². The predicted molar refractivity (Wildman–Crippen MR) is 93.9 cm³/mol. The van der Waals surface area contributed by atoms with Gasteiger partial charge in [-0.3, -0.25) is 4.79 Å². The summed E-state index contributed by atoms with van der Waals surface area (Å²) in [4.78, 5) is 27.7. The molecule has 2 N–H and O–H groups in total. The van der Waals surface area contributed by atoms with Crippen molar-refractivity contribution >= 4 is 22.8 Å². The zero-order chi connectivity index (χ0) is 18.2. The highest BCUT2D eigenvalue weighted by molar-refractivity contribution is 5.91. The van der Waals surface area contributed by atoms with Gasteiger partial charge in [0.15, 0.2) is 0 Å². The minimum atomic E-state index is -0.879. The van der Waals surface area contributed by atoms with E-state index in [1.807, 2.05) is 32.4 Å². The largest absolute Gasteiger partial charge is 0.481 e. The van der Waals surface area contributed by atoms with Crippen molar-refractivity contribution in [1.82, 2.24) is 9.88 Å². The molecule has 0 aliphatic carbocycles. The number of rotatable bonds is 10. The molecule has 0 spiro atoms. The summed E-state index contributed by atoms with van der Waals surface area (Å²) >= 11 is 0. The van der Waals surface area contributed by atoms with Crippen LogP contribution >= 0.6 is 0 Å². The van der Waals surface area contributed by atoms with Crippen molar-refractivity contribution in [3.05, 3.63) is 30.0 Å². The van der Waals surface area contributed by atoms with E-state index < -0.39 is 11.9 Å². The molecule has 0 saturated heterocycles. The van der Waals surface area contributed by atoms with Gasteiger partial charge in [0.1, 0.15) is 12.4 Å². The fourth-order valence-corrected chi connectivity index (χ4v) is 2.48. The number of hydrogen-bond acceptors (Lipinski definition) is 5. The minimum Gasteiger partial charge on any atom is -0.481 e. The van der Waals surface area contributed by atoms with Gasteiger partial charge >= 0.3 is 11.9 Å². The number of aliphatic carboxylic acids is 1. The quantitative estimate of drug-likeness (QED) is 0.388. The summed E-state index contributed by atoms with van der Waals surface area (Å²) in [5.74, 6) is -0.871. The zero-order valence-electron chi connectivity index (χ0n) is 14.6. The second-order valence-corrected chi connectivity index (χ2v) is 6.07. The molecule has 0 fully saturated rings. The smallest absolute Gasteiger partial charge is 0.337 e. The second-order valence-electron chi connectivity index (χ2n) is 6.07. The Morgan fingerprint density at radius 1 is 1.28 bits per heavy atom. The Labute approximate surface area is 146 Å². The number of H-pyrrole nitrogens is 1. The molecule has 2 aromatic rings. The number of benzene rings is 1. The van der Waals surface area contributed by atoms with Crippen LogP contribution in [0.15, 0.2) is 24.4 Å². The number of carbonyl (C=O) groups excluding carboxylic acids is 1. The third-order valence-corrected chi connectivity index (χ3v) is 3.70. The van der Waals surface area contributed by atoms with Gasteiger partial charge in [-0.2, -0.15) is 0 Å². The molecule has 1 heterocycles. The van der Waals surface area contributed by atoms with Gasteiger partial charge in [-0.1, -0.05) is 6.07 Å². The van der Waals surface area contributed by atoms with E-state index in [2.05, 4.69) is 9.88 Å². The highest BCUT2D eigenvalue weighted by atomic mass is 16.6. The monoisotopic (exact) mass is 348 g/mol. The molecule has 25 heavy (non-hydrogen) atoms. The van der Waals surface area contributed by atoms with Crippen LogP contribution in [0.5, 0.6) is 5.75 Å². The van der Waals surface area contributed by atoms with E-state index in [1.54, 1.807) is 6.07 Å². The number of aromatic nitrogens is 1. The van der Waals surface area contributed by atoms with Gasteiger partial charge in [-0.05, 0) is 44.6 Å². The molecule has 0 atom stereocenters. The summed E-state index contributed by atoms with van der Waals surface area (Å²) in [7, 11) is 4.02. The number of esters is 1. The fourth-order valence-electron chi connectivity index (χ4n) is 2.48. The SMILES string of the molecule is CN(C)CCc1c[nH]c2cccc(OC(=O)COCCCC(=O)O)c12. The van der Waals surface area contributed by atoms with Gasteiger partial charge in [0.05, 0.1) is 0 Å². The number of aromatic amines is 1. The van der Waals surface area contributed by atoms with Crippen LogP contribution in [0, 0.1) is 0 Å². The highest BCUT2D eigenvalue weighted by Crippen LogP contribution is 2.29. The molecule has 0 aliphatic heterocycles. The normalized spacial score (nSPS) is 11.2. The lowest BCUT2D eigenvalue weighted by Gasteiger charge is -2.10. The van der Waals surface area contributed by atoms with Crippen molar-refractivity contribution in [2.45, 2.75) is 19.3 Å². The van der Waals surface area contributed by atoms with Crippen LogP contribution in [0.4, 0.5) is 0 Å². The molecule has 0 aliphatic rings. The van der Waals surface area contributed by atoms with Gasteiger partial charge in [0.25, 0.3) is 0 Å². The van der Waals surface area contributed by atoms with Crippen LogP contribution in [0.3, 0.4) is 0 Å². The maximum absolute atomic E-state index is 12.0. The average Bonchev–Trinajstić information content (AvgIpc) is 2.96. The van der Waals surface area contributed by atoms with Crippen LogP contribution in [0.1, 0.15) is 18.4 Å². The number of nitrogens with one attached hydrogen (secondary N) is 1. The maximum Gasteiger partial charge on any atom is 0.337 e. The number of ether oxygens (including phenoxy) is 2. The summed E-state index contributed by atoms with van der Waals surface area (Å²) in [5.41, 5.74) is 2.01. The van der Waals surface area contributed by atoms with E-state index in [0.29, 0.717) is 12.2 Å². The Morgan fingerprint density at radius 3 is 2.80 bits per heavy atom. The summed E-state index contributed by atoms with van der Waals surface area (Å²) < 4.78 is 10.6.